The van der Waals surface area contributed by atoms with Gasteiger partial charge in [-0.05, 0) is 45.4 Å². The number of aromatic amines is 1. The Morgan fingerprint density at radius 2 is 1.38 bits per heavy atom. The second kappa shape index (κ2) is 18.2. The van der Waals surface area contributed by atoms with Crippen molar-refractivity contribution < 1.29 is 23.9 Å². The van der Waals surface area contributed by atoms with Gasteiger partial charge in [0.1, 0.15) is 5.02 Å². The van der Waals surface area contributed by atoms with E-state index in [-0.39, 0.29) is 18.9 Å². The summed E-state index contributed by atoms with van der Waals surface area (Å²) in [5.74, 6) is -0.809. The molecule has 10 nitrogen and oxygen atoms in total. The lowest BCUT2D eigenvalue weighted by atomic mass is 9.53. The molecule has 2 aromatic heterocycles. The van der Waals surface area contributed by atoms with Crippen LogP contribution in [0.25, 0.3) is 5.65 Å². The number of nitrogens with zero attached hydrogens (tertiary/aromatic N) is 3. The summed E-state index contributed by atoms with van der Waals surface area (Å²) < 4.78 is 13.0. The van der Waals surface area contributed by atoms with Crippen LogP contribution in [-0.2, 0) is 23.9 Å². The molecule has 1 saturated heterocycles. The predicted molar refractivity (Wildman–Crippen MR) is 183 cm³/mol. The molecule has 1 spiro atoms. The van der Waals surface area contributed by atoms with Crippen LogP contribution in [0.15, 0.2) is 0 Å². The molecule has 1 amide bonds. The minimum Gasteiger partial charge on any atom is -0.466 e. The predicted octanol–water partition coefficient (Wildman–Crippen LogP) is 8.29. The summed E-state index contributed by atoms with van der Waals surface area (Å²) in [5.41, 5.74) is -1.04. The topological polar surface area (TPSA) is 128 Å². The first kappa shape index (κ1) is 37.2. The monoisotopic (exact) mass is 675 g/mol. The molecule has 47 heavy (non-hydrogen) atoms. The number of hydrogen-bond acceptors (Lipinski definition) is 7. The van der Waals surface area contributed by atoms with Crippen molar-refractivity contribution in [1.29, 1.82) is 0 Å². The van der Waals surface area contributed by atoms with Crippen molar-refractivity contribution >= 4 is 35.1 Å². The summed E-state index contributed by atoms with van der Waals surface area (Å²) in [4.78, 5) is 45.2. The smallest absolute Gasteiger partial charge is 0.324 e. The highest BCUT2D eigenvalue weighted by molar-refractivity contribution is 6.34. The van der Waals surface area contributed by atoms with Gasteiger partial charge in [-0.3, -0.25) is 19.5 Å². The Bertz CT molecular complexity index is 1300. The van der Waals surface area contributed by atoms with Crippen LogP contribution in [0.2, 0.25) is 5.02 Å². The van der Waals surface area contributed by atoms with E-state index in [0.717, 1.165) is 44.2 Å². The first-order chi connectivity index (χ1) is 22.8. The van der Waals surface area contributed by atoms with Gasteiger partial charge in [-0.1, -0.05) is 115 Å². The molecule has 2 aliphatic rings. The zero-order chi connectivity index (χ0) is 33.7. The Morgan fingerprint density at radius 1 is 0.851 bits per heavy atom. The second-order valence-corrected chi connectivity index (χ2v) is 14.3. The lowest BCUT2D eigenvalue weighted by Crippen LogP contribution is -2.80. The maximum Gasteiger partial charge on any atom is 0.324 e. The van der Waals surface area contributed by atoms with E-state index in [9.17, 15) is 14.4 Å². The van der Waals surface area contributed by atoms with E-state index in [1.807, 2.05) is 6.92 Å². The van der Waals surface area contributed by atoms with Crippen LogP contribution in [0.4, 0.5) is 0 Å². The number of fused-ring (bicyclic) bond motifs is 1. The van der Waals surface area contributed by atoms with Crippen molar-refractivity contribution in [3.05, 3.63) is 16.5 Å². The lowest BCUT2D eigenvalue weighted by molar-refractivity contribution is -0.190. The molecule has 4 rings (SSSR count). The van der Waals surface area contributed by atoms with Crippen LogP contribution in [0, 0.1) is 12.3 Å². The van der Waals surface area contributed by atoms with Crippen LogP contribution < -0.4 is 5.32 Å². The summed E-state index contributed by atoms with van der Waals surface area (Å²) in [7, 11) is 0. The van der Waals surface area contributed by atoms with E-state index in [1.54, 1.807) is 4.63 Å². The lowest BCUT2D eigenvalue weighted by Gasteiger charge is -2.58. The SMILES string of the molecule is CCCCCCCCCCOC(=O)CC1(C(=O)OCCCCCCCCCC)C(=O)NC12CCC(c1nc3c(Cl)c(C)[nH]n3n1)CC2. The molecule has 1 saturated carbocycles. The summed E-state index contributed by atoms with van der Waals surface area (Å²) in [6.07, 6.45) is 20.2. The van der Waals surface area contributed by atoms with Gasteiger partial charge >= 0.3 is 11.9 Å². The molecule has 2 aromatic rings. The van der Waals surface area contributed by atoms with Crippen LogP contribution >= 0.6 is 11.6 Å². The largest absolute Gasteiger partial charge is 0.466 e. The van der Waals surface area contributed by atoms with Crippen molar-refractivity contribution in [2.45, 2.75) is 167 Å². The minimum atomic E-state index is -1.58. The van der Waals surface area contributed by atoms with E-state index < -0.39 is 28.8 Å². The first-order valence-corrected chi connectivity index (χ1v) is 18.9. The van der Waals surface area contributed by atoms with Gasteiger partial charge in [0.05, 0.1) is 30.9 Å². The normalized spacial score (nSPS) is 22.4. The maximum atomic E-state index is 13.9. The summed E-state index contributed by atoms with van der Waals surface area (Å²) in [6.45, 7) is 6.85. The van der Waals surface area contributed by atoms with Gasteiger partial charge in [-0.25, -0.2) is 4.98 Å². The molecule has 0 radical (unpaired) electrons. The van der Waals surface area contributed by atoms with Crippen LogP contribution in [0.5, 0.6) is 0 Å². The Balaban J connectivity index is 1.34. The molecule has 2 N–H and O–H groups in total. The standard InChI is InChI=1S/C36H58ClN5O5/c1-4-6-8-10-12-14-16-18-24-46-29(43)26-36(34(45)47-25-19-17-15-13-11-9-7-5-2)33(44)39-35(36)22-20-28(21-23-35)31-38-32-30(37)27(3)40-42(32)41-31/h28,40H,4-26H2,1-3H3,(H,39,44). The Kier molecular flexibility index (Phi) is 14.4. The Labute approximate surface area is 285 Å². The number of aryl methyl sites for hydroxylation is 1. The first-order valence-electron chi connectivity index (χ1n) is 18.5. The van der Waals surface area contributed by atoms with Crippen LogP contribution in [0.3, 0.4) is 0 Å². The fourth-order valence-corrected chi connectivity index (χ4v) is 7.59. The molecule has 264 valence electrons. The van der Waals surface area contributed by atoms with E-state index in [1.165, 1.54) is 64.2 Å². The molecule has 1 unspecified atom stereocenters. The van der Waals surface area contributed by atoms with E-state index in [0.29, 0.717) is 48.8 Å². The number of aromatic nitrogens is 4. The molecule has 0 bridgehead atoms. The number of ether oxygens (including phenoxy) is 2. The highest BCUT2D eigenvalue weighted by Crippen LogP contribution is 2.54. The van der Waals surface area contributed by atoms with Gasteiger partial charge in [-0.15, -0.1) is 5.10 Å². The van der Waals surface area contributed by atoms with Crippen LogP contribution in [0.1, 0.15) is 166 Å². The van der Waals surface area contributed by atoms with Gasteiger partial charge in [-0.2, -0.15) is 4.63 Å². The Morgan fingerprint density at radius 3 is 1.91 bits per heavy atom. The number of esters is 2. The number of halogens is 1. The number of nitrogens with one attached hydrogen (secondary N) is 2. The van der Waals surface area contributed by atoms with E-state index in [2.05, 4.69) is 34.3 Å². The van der Waals surface area contributed by atoms with Crippen molar-refractivity contribution in [2.24, 2.45) is 5.41 Å². The molecule has 11 heteroatoms. The van der Waals surface area contributed by atoms with Gasteiger partial charge in [0.25, 0.3) is 0 Å². The molecule has 0 aromatic carbocycles. The molecule has 1 aliphatic carbocycles. The molecule has 1 atom stereocenters. The molecule has 2 fully saturated rings. The van der Waals surface area contributed by atoms with Crippen molar-refractivity contribution in [3.63, 3.8) is 0 Å². The number of carbonyl (C=O) groups excluding carboxylic acids is 3. The molecular weight excluding hydrogens is 618 g/mol. The van der Waals surface area contributed by atoms with Gasteiger partial charge in [0.2, 0.25) is 5.91 Å². The summed E-state index contributed by atoms with van der Waals surface area (Å²) in [5, 5.41) is 11.3. The molecule has 1 aliphatic heterocycles. The van der Waals surface area contributed by atoms with E-state index in [4.69, 9.17) is 21.1 Å². The fourth-order valence-electron chi connectivity index (χ4n) is 7.43. The number of unbranched alkanes of at least 4 members (excludes halogenated alkanes) is 14. The highest BCUT2D eigenvalue weighted by Gasteiger charge is 2.72. The number of rotatable bonds is 22. The minimum absolute atomic E-state index is 0.0442. The number of β-lactam (4-membered cyclic amide) rings is 1. The van der Waals surface area contributed by atoms with Crippen LogP contribution in [-0.4, -0.2) is 56.4 Å². The number of H-pyrrole nitrogens is 1. The van der Waals surface area contributed by atoms with Gasteiger partial charge in [0.15, 0.2) is 16.9 Å². The Hall–Kier alpha value is -2.62. The average molecular weight is 676 g/mol. The average Bonchev–Trinajstić information content (AvgIpc) is 3.59. The second-order valence-electron chi connectivity index (χ2n) is 14.0. The maximum absolute atomic E-state index is 13.9. The number of hydrogen-bond donors (Lipinski definition) is 2. The number of carbonyl (C=O) groups is 3. The zero-order valence-electron chi connectivity index (χ0n) is 29.1. The number of amides is 1. The van der Waals surface area contributed by atoms with Crippen molar-refractivity contribution in [1.82, 2.24) is 25.1 Å². The molecule has 3 heterocycles. The van der Waals surface area contributed by atoms with E-state index >= 15 is 0 Å². The third-order valence-electron chi connectivity index (χ3n) is 10.4. The van der Waals surface area contributed by atoms with Gasteiger partial charge < -0.3 is 14.8 Å². The third-order valence-corrected chi connectivity index (χ3v) is 10.9. The van der Waals surface area contributed by atoms with Gasteiger partial charge in [0, 0.05) is 5.92 Å². The summed E-state index contributed by atoms with van der Waals surface area (Å²) >= 11 is 6.39. The fraction of sp³-hybridized carbons (Fsp3) is 0.806. The summed E-state index contributed by atoms with van der Waals surface area (Å²) in [6, 6.07) is 0. The molecular formula is C36H58ClN5O5. The highest BCUT2D eigenvalue weighted by atomic mass is 35.5. The van der Waals surface area contributed by atoms with Crippen molar-refractivity contribution in [2.75, 3.05) is 13.2 Å². The zero-order valence-corrected chi connectivity index (χ0v) is 29.9. The quantitative estimate of drug-likeness (QED) is 0.0556. The van der Waals surface area contributed by atoms with Crippen molar-refractivity contribution in [3.8, 4) is 0 Å². The third kappa shape index (κ3) is 9.09.